The van der Waals surface area contributed by atoms with Crippen molar-refractivity contribution in [3.63, 3.8) is 0 Å². The van der Waals surface area contributed by atoms with Crippen LogP contribution >= 0.6 is 0 Å². The number of benzene rings is 1. The van der Waals surface area contributed by atoms with E-state index in [0.717, 1.165) is 31.2 Å². The van der Waals surface area contributed by atoms with Crippen molar-refractivity contribution >= 4 is 5.97 Å². The van der Waals surface area contributed by atoms with Crippen molar-refractivity contribution in [3.05, 3.63) is 34.9 Å². The van der Waals surface area contributed by atoms with Crippen LogP contribution in [0.25, 0.3) is 0 Å². The van der Waals surface area contributed by atoms with E-state index in [1.165, 1.54) is 17.5 Å². The molecule has 1 aromatic rings. The third-order valence-electron chi connectivity index (χ3n) is 6.11. The Morgan fingerprint density at radius 3 is 2.30 bits per heavy atom. The van der Waals surface area contributed by atoms with E-state index in [2.05, 4.69) is 32.0 Å². The Morgan fingerprint density at radius 2 is 1.74 bits per heavy atom. The zero-order valence-corrected chi connectivity index (χ0v) is 14.1. The molecule has 0 aromatic heterocycles. The van der Waals surface area contributed by atoms with Crippen LogP contribution in [0.3, 0.4) is 0 Å². The number of hydrogen-bond donors (Lipinski definition) is 1. The molecule has 5 rings (SSSR count). The number of carbonyl (C=O) groups excluding carboxylic acids is 1. The zero-order chi connectivity index (χ0) is 16.2. The minimum Gasteiger partial charge on any atom is -0.460 e. The first-order valence-corrected chi connectivity index (χ1v) is 8.83. The highest BCUT2D eigenvalue weighted by atomic mass is 16.5. The molecule has 3 heteroatoms. The maximum Gasteiger partial charge on any atom is 0.312 e. The molecule has 3 nitrogen and oxygen atoms in total. The summed E-state index contributed by atoms with van der Waals surface area (Å²) in [6.45, 7) is 4.47. The van der Waals surface area contributed by atoms with E-state index in [0.29, 0.717) is 24.9 Å². The van der Waals surface area contributed by atoms with Crippen molar-refractivity contribution in [2.75, 3.05) is 0 Å². The largest absolute Gasteiger partial charge is 0.460 e. The van der Waals surface area contributed by atoms with Crippen LogP contribution in [-0.2, 0) is 16.1 Å². The molecule has 0 amide bonds. The monoisotopic (exact) mass is 314 g/mol. The van der Waals surface area contributed by atoms with E-state index in [1.54, 1.807) is 0 Å². The average Bonchev–Trinajstić information content (AvgIpc) is 2.41. The first kappa shape index (κ1) is 15.2. The summed E-state index contributed by atoms with van der Waals surface area (Å²) in [5.41, 5.74) is 2.42. The smallest absolute Gasteiger partial charge is 0.312 e. The summed E-state index contributed by atoms with van der Waals surface area (Å²) >= 11 is 0. The molecule has 0 saturated heterocycles. The van der Waals surface area contributed by atoms with Gasteiger partial charge in [-0.15, -0.1) is 0 Å². The number of rotatable bonds is 3. The molecular formula is C20H26O3. The lowest BCUT2D eigenvalue weighted by Crippen LogP contribution is -2.58. The minimum absolute atomic E-state index is 0.0795. The highest BCUT2D eigenvalue weighted by Crippen LogP contribution is 2.62. The molecule has 4 bridgehead atoms. The molecule has 0 spiro atoms. The molecule has 1 aromatic carbocycles. The maximum absolute atomic E-state index is 12.8. The third kappa shape index (κ3) is 2.69. The van der Waals surface area contributed by atoms with Crippen LogP contribution in [-0.4, -0.2) is 16.7 Å². The van der Waals surface area contributed by atoms with Gasteiger partial charge in [0.1, 0.15) is 6.61 Å². The average molecular weight is 314 g/mol. The van der Waals surface area contributed by atoms with Gasteiger partial charge < -0.3 is 9.84 Å². The van der Waals surface area contributed by atoms with Crippen LogP contribution in [0.2, 0.25) is 0 Å². The Bertz CT molecular complexity index is 614. The second-order valence-electron chi connectivity index (χ2n) is 8.54. The van der Waals surface area contributed by atoms with Gasteiger partial charge in [0.05, 0.1) is 11.0 Å². The molecule has 0 aliphatic heterocycles. The second-order valence-corrected chi connectivity index (χ2v) is 8.54. The normalized spacial score (nSPS) is 37.9. The summed E-state index contributed by atoms with van der Waals surface area (Å²) in [6, 6.07) is 6.28. The maximum atomic E-state index is 12.8. The van der Waals surface area contributed by atoms with Crippen LogP contribution in [0, 0.1) is 31.1 Å². The van der Waals surface area contributed by atoms with E-state index in [9.17, 15) is 9.90 Å². The summed E-state index contributed by atoms with van der Waals surface area (Å²) < 4.78 is 5.72. The molecule has 1 N–H and O–H groups in total. The Balaban J connectivity index is 1.49. The molecule has 4 fully saturated rings. The van der Waals surface area contributed by atoms with Crippen molar-refractivity contribution in [2.45, 2.75) is 64.6 Å². The minimum atomic E-state index is -0.608. The third-order valence-corrected chi connectivity index (χ3v) is 6.11. The van der Waals surface area contributed by atoms with E-state index in [-0.39, 0.29) is 5.97 Å². The summed E-state index contributed by atoms with van der Waals surface area (Å²) in [6.07, 6.45) is 5.40. The van der Waals surface area contributed by atoms with E-state index >= 15 is 0 Å². The standard InChI is InChI=1S/C20H26O3/c1-13-3-14(2)5-15(4-13)11-23-18(21)19-7-16-6-17(8-19)10-20(22,9-16)12-19/h3-5,16-17,22H,6-12H2,1-2H3. The molecule has 2 atom stereocenters. The Hall–Kier alpha value is -1.35. The van der Waals surface area contributed by atoms with Crippen molar-refractivity contribution in [1.82, 2.24) is 0 Å². The Labute approximate surface area is 138 Å². The molecule has 23 heavy (non-hydrogen) atoms. The fourth-order valence-corrected chi connectivity index (χ4v) is 5.91. The van der Waals surface area contributed by atoms with E-state index < -0.39 is 11.0 Å². The number of carbonyl (C=O) groups is 1. The predicted octanol–water partition coefficient (Wildman–Crippen LogP) is 3.68. The van der Waals surface area contributed by atoms with Gasteiger partial charge in [-0.2, -0.15) is 0 Å². The molecule has 4 aliphatic carbocycles. The fourth-order valence-electron chi connectivity index (χ4n) is 5.91. The Kier molecular flexibility index (Phi) is 3.35. The molecule has 2 unspecified atom stereocenters. The Morgan fingerprint density at radius 1 is 1.13 bits per heavy atom. The second kappa shape index (κ2) is 5.07. The van der Waals surface area contributed by atoms with E-state index in [4.69, 9.17) is 4.74 Å². The van der Waals surface area contributed by atoms with Crippen molar-refractivity contribution in [1.29, 1.82) is 0 Å². The van der Waals surface area contributed by atoms with Gasteiger partial charge in [-0.05, 0) is 69.8 Å². The first-order chi connectivity index (χ1) is 10.9. The number of esters is 1. The zero-order valence-electron chi connectivity index (χ0n) is 14.1. The van der Waals surface area contributed by atoms with Gasteiger partial charge in [0.15, 0.2) is 0 Å². The molecule has 4 aliphatic rings. The summed E-state index contributed by atoms with van der Waals surface area (Å²) in [7, 11) is 0. The van der Waals surface area contributed by atoms with Crippen LogP contribution in [0.5, 0.6) is 0 Å². The number of aryl methyl sites for hydroxylation is 2. The van der Waals surface area contributed by atoms with Crippen LogP contribution in [0.4, 0.5) is 0 Å². The quantitative estimate of drug-likeness (QED) is 0.866. The molecule has 124 valence electrons. The van der Waals surface area contributed by atoms with E-state index in [1.807, 2.05) is 0 Å². The highest BCUT2D eigenvalue weighted by molar-refractivity contribution is 5.77. The first-order valence-electron chi connectivity index (χ1n) is 8.83. The lowest BCUT2D eigenvalue weighted by molar-refractivity contribution is -0.197. The van der Waals surface area contributed by atoms with Gasteiger partial charge >= 0.3 is 5.97 Å². The van der Waals surface area contributed by atoms with Crippen molar-refractivity contribution in [2.24, 2.45) is 17.3 Å². The van der Waals surface area contributed by atoms with Gasteiger partial charge in [-0.25, -0.2) is 0 Å². The number of hydrogen-bond acceptors (Lipinski definition) is 3. The van der Waals surface area contributed by atoms with Gasteiger partial charge in [0, 0.05) is 0 Å². The van der Waals surface area contributed by atoms with Crippen molar-refractivity contribution in [3.8, 4) is 0 Å². The topological polar surface area (TPSA) is 46.5 Å². The number of aliphatic hydroxyl groups is 1. The summed E-state index contributed by atoms with van der Waals surface area (Å²) in [5, 5.41) is 10.8. The highest BCUT2D eigenvalue weighted by Gasteiger charge is 2.60. The van der Waals surface area contributed by atoms with Crippen LogP contribution < -0.4 is 0 Å². The van der Waals surface area contributed by atoms with Gasteiger partial charge in [-0.3, -0.25) is 4.79 Å². The van der Waals surface area contributed by atoms with Gasteiger partial charge in [-0.1, -0.05) is 29.3 Å². The number of ether oxygens (including phenoxy) is 1. The lowest BCUT2D eigenvalue weighted by Gasteiger charge is -2.58. The van der Waals surface area contributed by atoms with Gasteiger partial charge in [0.25, 0.3) is 0 Å². The molecule has 4 saturated carbocycles. The van der Waals surface area contributed by atoms with Crippen LogP contribution in [0.1, 0.15) is 55.2 Å². The van der Waals surface area contributed by atoms with Gasteiger partial charge in [0.2, 0.25) is 0 Å². The van der Waals surface area contributed by atoms with Crippen molar-refractivity contribution < 1.29 is 14.6 Å². The molecular weight excluding hydrogens is 288 g/mol. The lowest BCUT2D eigenvalue weighted by atomic mass is 9.48. The summed E-state index contributed by atoms with van der Waals surface area (Å²) in [4.78, 5) is 12.8. The fraction of sp³-hybridized carbons (Fsp3) is 0.650. The summed E-state index contributed by atoms with van der Waals surface area (Å²) in [5.74, 6) is 0.939. The molecule has 0 radical (unpaired) electrons. The van der Waals surface area contributed by atoms with Crippen LogP contribution in [0.15, 0.2) is 18.2 Å². The predicted molar refractivity (Wildman–Crippen MR) is 87.8 cm³/mol. The molecule has 0 heterocycles. The SMILES string of the molecule is Cc1cc(C)cc(COC(=O)C23CC4CC(CC(O)(C4)C2)C3)c1.